The fraction of sp³-hybridized carbons (Fsp3) is 0.417. The van der Waals surface area contributed by atoms with Crippen LogP contribution < -0.4 is 0 Å². The maximum absolute atomic E-state index is 11.0. The van der Waals surface area contributed by atoms with Crippen LogP contribution in [0.3, 0.4) is 0 Å². The molecule has 0 aromatic heterocycles. The van der Waals surface area contributed by atoms with Crippen molar-refractivity contribution in [1.29, 1.82) is 0 Å². The molecule has 0 unspecified atom stereocenters. The molecule has 0 aromatic carbocycles. The zero-order valence-corrected chi connectivity index (χ0v) is 9.31. The standard InChI is InChI=1S/C12H18O3/c1-4-5-6-7-8-12(13)15-10-9-14-11(2)3/h4-8,11H,1,9-10H2,2-3H3/b6-5-,8-7+. The molecule has 0 saturated heterocycles. The zero-order chi connectivity index (χ0) is 11.5. The van der Waals surface area contributed by atoms with E-state index in [2.05, 4.69) is 6.58 Å². The van der Waals surface area contributed by atoms with Crippen LogP contribution in [0.25, 0.3) is 0 Å². The maximum Gasteiger partial charge on any atom is 0.330 e. The topological polar surface area (TPSA) is 35.5 Å². The third kappa shape index (κ3) is 10.6. The Morgan fingerprint density at radius 3 is 2.60 bits per heavy atom. The lowest BCUT2D eigenvalue weighted by Crippen LogP contribution is -2.11. The third-order valence-electron chi connectivity index (χ3n) is 1.37. The van der Waals surface area contributed by atoms with E-state index < -0.39 is 0 Å². The smallest absolute Gasteiger partial charge is 0.330 e. The van der Waals surface area contributed by atoms with Crippen LogP contribution >= 0.6 is 0 Å². The van der Waals surface area contributed by atoms with Crippen LogP contribution in [0.2, 0.25) is 0 Å². The summed E-state index contributed by atoms with van der Waals surface area (Å²) in [5.41, 5.74) is 0. The predicted octanol–water partition coefficient (Wildman–Crippen LogP) is 2.25. The minimum atomic E-state index is -0.365. The summed E-state index contributed by atoms with van der Waals surface area (Å²) in [4.78, 5) is 11.0. The van der Waals surface area contributed by atoms with Crippen LogP contribution in [-0.2, 0) is 14.3 Å². The maximum atomic E-state index is 11.0. The predicted molar refractivity (Wildman–Crippen MR) is 60.5 cm³/mol. The number of hydrogen-bond acceptors (Lipinski definition) is 3. The largest absolute Gasteiger partial charge is 0.460 e. The summed E-state index contributed by atoms with van der Waals surface area (Å²) in [6, 6.07) is 0. The molecular weight excluding hydrogens is 192 g/mol. The van der Waals surface area contributed by atoms with Crippen LogP contribution in [0.4, 0.5) is 0 Å². The van der Waals surface area contributed by atoms with Crippen molar-refractivity contribution >= 4 is 5.97 Å². The number of carbonyl (C=O) groups excluding carboxylic acids is 1. The van der Waals surface area contributed by atoms with Gasteiger partial charge in [-0.2, -0.15) is 0 Å². The van der Waals surface area contributed by atoms with Gasteiger partial charge in [0, 0.05) is 6.08 Å². The van der Waals surface area contributed by atoms with Crippen LogP contribution in [0.5, 0.6) is 0 Å². The molecular formula is C12H18O3. The molecule has 0 heterocycles. The lowest BCUT2D eigenvalue weighted by molar-refractivity contribution is -0.139. The molecule has 0 rings (SSSR count). The third-order valence-corrected chi connectivity index (χ3v) is 1.37. The van der Waals surface area contributed by atoms with E-state index in [1.165, 1.54) is 6.08 Å². The van der Waals surface area contributed by atoms with Crippen molar-refractivity contribution in [3.63, 3.8) is 0 Å². The van der Waals surface area contributed by atoms with Gasteiger partial charge in [0.05, 0.1) is 12.7 Å². The highest BCUT2D eigenvalue weighted by molar-refractivity contribution is 5.82. The Morgan fingerprint density at radius 2 is 2.00 bits per heavy atom. The molecule has 0 radical (unpaired) electrons. The summed E-state index contributed by atoms with van der Waals surface area (Å²) in [6.45, 7) is 8.08. The van der Waals surface area contributed by atoms with E-state index in [0.29, 0.717) is 6.61 Å². The number of carbonyl (C=O) groups is 1. The summed E-state index contributed by atoms with van der Waals surface area (Å²) < 4.78 is 10.1. The molecule has 0 aromatic rings. The first kappa shape index (κ1) is 13.7. The Morgan fingerprint density at radius 1 is 1.27 bits per heavy atom. The minimum Gasteiger partial charge on any atom is -0.460 e. The average molecular weight is 210 g/mol. The second-order valence-corrected chi connectivity index (χ2v) is 3.07. The number of hydrogen-bond donors (Lipinski definition) is 0. The van der Waals surface area contributed by atoms with Gasteiger partial charge in [-0.1, -0.05) is 30.9 Å². The van der Waals surface area contributed by atoms with Crippen molar-refractivity contribution in [3.05, 3.63) is 37.0 Å². The highest BCUT2D eigenvalue weighted by Crippen LogP contribution is 1.89. The van der Waals surface area contributed by atoms with Gasteiger partial charge in [0.1, 0.15) is 6.61 Å². The van der Waals surface area contributed by atoms with Gasteiger partial charge >= 0.3 is 5.97 Å². The van der Waals surface area contributed by atoms with E-state index in [1.807, 2.05) is 13.8 Å². The molecule has 3 heteroatoms. The molecule has 0 aliphatic carbocycles. The van der Waals surface area contributed by atoms with Gasteiger partial charge in [0.25, 0.3) is 0 Å². The molecule has 0 aliphatic rings. The van der Waals surface area contributed by atoms with Gasteiger partial charge in [0.2, 0.25) is 0 Å². The molecule has 0 amide bonds. The molecule has 0 N–H and O–H groups in total. The molecule has 0 aliphatic heterocycles. The summed E-state index contributed by atoms with van der Waals surface area (Å²) in [7, 11) is 0. The molecule has 0 bridgehead atoms. The first-order chi connectivity index (χ1) is 7.16. The molecule has 3 nitrogen and oxygen atoms in total. The Hall–Kier alpha value is -1.35. The molecule has 15 heavy (non-hydrogen) atoms. The minimum absolute atomic E-state index is 0.162. The Kier molecular flexibility index (Phi) is 8.39. The van der Waals surface area contributed by atoms with Gasteiger partial charge in [-0.15, -0.1) is 0 Å². The molecule has 84 valence electrons. The van der Waals surface area contributed by atoms with E-state index in [0.717, 1.165) is 0 Å². The van der Waals surface area contributed by atoms with Crippen molar-refractivity contribution in [2.24, 2.45) is 0 Å². The Balaban J connectivity index is 3.53. The summed E-state index contributed by atoms with van der Waals surface area (Å²) in [6.07, 6.45) is 8.19. The van der Waals surface area contributed by atoms with E-state index in [4.69, 9.17) is 9.47 Å². The van der Waals surface area contributed by atoms with Gasteiger partial charge in [-0.05, 0) is 13.8 Å². The SMILES string of the molecule is C=C/C=C\C=C\C(=O)OCCOC(C)C. The van der Waals surface area contributed by atoms with Crippen molar-refractivity contribution < 1.29 is 14.3 Å². The zero-order valence-electron chi connectivity index (χ0n) is 9.31. The van der Waals surface area contributed by atoms with Crippen molar-refractivity contribution in [2.75, 3.05) is 13.2 Å². The van der Waals surface area contributed by atoms with Gasteiger partial charge < -0.3 is 9.47 Å². The summed E-state index contributed by atoms with van der Waals surface area (Å²) in [5.74, 6) is -0.365. The van der Waals surface area contributed by atoms with E-state index in [1.54, 1.807) is 24.3 Å². The number of ether oxygens (including phenoxy) is 2. The number of esters is 1. The first-order valence-electron chi connectivity index (χ1n) is 4.91. The fourth-order valence-electron chi connectivity index (χ4n) is 0.751. The molecule has 0 spiro atoms. The number of allylic oxidation sites excluding steroid dienone is 4. The summed E-state index contributed by atoms with van der Waals surface area (Å²) in [5, 5.41) is 0. The van der Waals surface area contributed by atoms with Crippen molar-refractivity contribution in [1.82, 2.24) is 0 Å². The fourth-order valence-corrected chi connectivity index (χ4v) is 0.751. The van der Waals surface area contributed by atoms with E-state index >= 15 is 0 Å². The molecule has 0 saturated carbocycles. The Bertz CT molecular complexity index is 239. The number of rotatable bonds is 7. The average Bonchev–Trinajstić information content (AvgIpc) is 2.19. The molecule has 0 atom stereocenters. The van der Waals surface area contributed by atoms with Crippen LogP contribution in [-0.4, -0.2) is 25.3 Å². The normalized spacial score (nSPS) is 11.4. The van der Waals surface area contributed by atoms with E-state index in [-0.39, 0.29) is 18.7 Å². The lowest BCUT2D eigenvalue weighted by Gasteiger charge is -2.06. The van der Waals surface area contributed by atoms with Crippen LogP contribution in [0, 0.1) is 0 Å². The van der Waals surface area contributed by atoms with Crippen molar-refractivity contribution in [2.45, 2.75) is 20.0 Å². The lowest BCUT2D eigenvalue weighted by atomic mass is 10.4. The highest BCUT2D eigenvalue weighted by atomic mass is 16.6. The van der Waals surface area contributed by atoms with Gasteiger partial charge in [-0.3, -0.25) is 0 Å². The van der Waals surface area contributed by atoms with Crippen LogP contribution in [0.1, 0.15) is 13.8 Å². The molecule has 0 fully saturated rings. The van der Waals surface area contributed by atoms with Crippen molar-refractivity contribution in [3.8, 4) is 0 Å². The van der Waals surface area contributed by atoms with Gasteiger partial charge in [-0.25, -0.2) is 4.79 Å². The Labute approximate surface area is 91.1 Å². The van der Waals surface area contributed by atoms with Gasteiger partial charge in [0.15, 0.2) is 0 Å². The monoisotopic (exact) mass is 210 g/mol. The summed E-state index contributed by atoms with van der Waals surface area (Å²) >= 11 is 0. The second-order valence-electron chi connectivity index (χ2n) is 3.07. The second kappa shape index (κ2) is 9.21. The first-order valence-corrected chi connectivity index (χ1v) is 4.91. The highest BCUT2D eigenvalue weighted by Gasteiger charge is 1.96. The quantitative estimate of drug-likeness (QED) is 0.280. The van der Waals surface area contributed by atoms with Crippen LogP contribution in [0.15, 0.2) is 37.0 Å². The van der Waals surface area contributed by atoms with E-state index in [9.17, 15) is 4.79 Å².